The first-order chi connectivity index (χ1) is 10.2. The van der Waals surface area contributed by atoms with Gasteiger partial charge in [-0.3, -0.25) is 0 Å². The van der Waals surface area contributed by atoms with Crippen molar-refractivity contribution < 1.29 is 9.47 Å². The van der Waals surface area contributed by atoms with E-state index in [1.807, 2.05) is 6.07 Å². The molecule has 3 nitrogen and oxygen atoms in total. The zero-order chi connectivity index (χ0) is 14.8. The maximum Gasteiger partial charge on any atom is 0.142 e. The van der Waals surface area contributed by atoms with E-state index < -0.39 is 0 Å². The van der Waals surface area contributed by atoms with Gasteiger partial charge in [0.1, 0.15) is 11.5 Å². The molecule has 3 heteroatoms. The monoisotopic (exact) mass is 283 g/mol. The number of anilines is 1. The first-order valence-corrected chi connectivity index (χ1v) is 7.34. The van der Waals surface area contributed by atoms with Gasteiger partial charge in [0.05, 0.1) is 19.4 Å². The molecule has 1 N–H and O–H groups in total. The second kappa shape index (κ2) is 5.68. The van der Waals surface area contributed by atoms with Gasteiger partial charge in [-0.05, 0) is 54.8 Å². The summed E-state index contributed by atoms with van der Waals surface area (Å²) in [5.74, 6) is 1.91. The number of fused-ring (bicyclic) bond motifs is 1. The summed E-state index contributed by atoms with van der Waals surface area (Å²) in [4.78, 5) is 0. The molecule has 0 spiro atoms. The highest BCUT2D eigenvalue weighted by Gasteiger charge is 2.15. The van der Waals surface area contributed by atoms with Gasteiger partial charge in [0.2, 0.25) is 0 Å². The number of nitrogens with one attached hydrogen (secondary N) is 1. The number of rotatable bonds is 4. The average Bonchev–Trinajstić information content (AvgIpc) is 2.96. The summed E-state index contributed by atoms with van der Waals surface area (Å²) in [6.45, 7) is 5.03. The van der Waals surface area contributed by atoms with Crippen molar-refractivity contribution >= 4 is 5.69 Å². The number of benzene rings is 2. The van der Waals surface area contributed by atoms with E-state index in [1.165, 1.54) is 16.7 Å². The maximum absolute atomic E-state index is 5.56. The highest BCUT2D eigenvalue weighted by molar-refractivity contribution is 5.59. The Hall–Kier alpha value is -2.16. The minimum absolute atomic E-state index is 0.215. The summed E-state index contributed by atoms with van der Waals surface area (Å²) in [5.41, 5.74) is 4.78. The zero-order valence-electron chi connectivity index (χ0n) is 12.8. The predicted octanol–water partition coefficient (Wildman–Crippen LogP) is 4.11. The fourth-order valence-electron chi connectivity index (χ4n) is 2.71. The summed E-state index contributed by atoms with van der Waals surface area (Å²) in [6.07, 6.45) is 1.00. The lowest BCUT2D eigenvalue weighted by atomic mass is 10.0. The van der Waals surface area contributed by atoms with Gasteiger partial charge in [-0.25, -0.2) is 0 Å². The largest absolute Gasteiger partial charge is 0.495 e. The fraction of sp³-hybridized carbons (Fsp3) is 0.333. The molecule has 0 saturated heterocycles. The minimum atomic E-state index is 0.215. The van der Waals surface area contributed by atoms with Gasteiger partial charge < -0.3 is 14.8 Å². The maximum atomic E-state index is 5.56. The van der Waals surface area contributed by atoms with E-state index in [-0.39, 0.29) is 6.04 Å². The summed E-state index contributed by atoms with van der Waals surface area (Å²) in [6, 6.07) is 12.9. The lowest BCUT2D eigenvalue weighted by molar-refractivity contribution is 0.357. The Morgan fingerprint density at radius 1 is 1.19 bits per heavy atom. The number of hydrogen-bond acceptors (Lipinski definition) is 3. The van der Waals surface area contributed by atoms with E-state index >= 15 is 0 Å². The van der Waals surface area contributed by atoms with Gasteiger partial charge in [0, 0.05) is 12.5 Å². The molecule has 1 aliphatic rings. The lowest BCUT2D eigenvalue weighted by Gasteiger charge is -2.19. The third-order valence-electron chi connectivity index (χ3n) is 3.94. The Morgan fingerprint density at radius 3 is 2.86 bits per heavy atom. The van der Waals surface area contributed by atoms with Crippen molar-refractivity contribution in [3.63, 3.8) is 0 Å². The van der Waals surface area contributed by atoms with Crippen LogP contribution in [0.3, 0.4) is 0 Å². The molecule has 2 aromatic rings. The van der Waals surface area contributed by atoms with Crippen molar-refractivity contribution in [2.45, 2.75) is 26.3 Å². The Balaban J connectivity index is 1.81. The molecule has 2 aromatic carbocycles. The van der Waals surface area contributed by atoms with Crippen molar-refractivity contribution in [1.82, 2.24) is 0 Å². The molecule has 1 unspecified atom stereocenters. The van der Waals surface area contributed by atoms with Crippen molar-refractivity contribution in [3.05, 3.63) is 53.1 Å². The summed E-state index contributed by atoms with van der Waals surface area (Å²) < 4.78 is 11.0. The van der Waals surface area contributed by atoms with Gasteiger partial charge in [-0.2, -0.15) is 0 Å². The van der Waals surface area contributed by atoms with Crippen LogP contribution in [0.15, 0.2) is 36.4 Å². The Kier molecular flexibility index (Phi) is 3.74. The Labute approximate surface area is 125 Å². The van der Waals surface area contributed by atoms with Crippen molar-refractivity contribution in [3.8, 4) is 11.5 Å². The third kappa shape index (κ3) is 2.82. The molecule has 3 rings (SSSR count). The fourth-order valence-corrected chi connectivity index (χ4v) is 2.71. The topological polar surface area (TPSA) is 30.5 Å². The minimum Gasteiger partial charge on any atom is -0.495 e. The molecule has 110 valence electrons. The molecule has 21 heavy (non-hydrogen) atoms. The van der Waals surface area contributed by atoms with E-state index in [9.17, 15) is 0 Å². The van der Waals surface area contributed by atoms with E-state index in [2.05, 4.69) is 49.5 Å². The highest BCUT2D eigenvalue weighted by Crippen LogP contribution is 2.32. The SMILES string of the molecule is COc1cc(C)ccc1NC(C)c1ccc2c(c1)CCO2. The quantitative estimate of drug-likeness (QED) is 0.916. The van der Waals surface area contributed by atoms with Crippen LogP contribution in [0.5, 0.6) is 11.5 Å². The van der Waals surface area contributed by atoms with E-state index in [0.717, 1.165) is 30.2 Å². The Bertz CT molecular complexity index is 652. The van der Waals surface area contributed by atoms with Crippen LogP contribution in [-0.4, -0.2) is 13.7 Å². The zero-order valence-corrected chi connectivity index (χ0v) is 12.8. The smallest absolute Gasteiger partial charge is 0.142 e. The molecule has 0 radical (unpaired) electrons. The standard InChI is InChI=1S/C18H21NO2/c1-12-4-6-16(18(10-12)20-3)19-13(2)14-5-7-17-15(11-14)8-9-21-17/h4-7,10-11,13,19H,8-9H2,1-3H3. The molecule has 0 aromatic heterocycles. The van der Waals surface area contributed by atoms with Crippen LogP contribution in [0.1, 0.15) is 29.7 Å². The van der Waals surface area contributed by atoms with Gasteiger partial charge in [0.15, 0.2) is 0 Å². The second-order valence-electron chi connectivity index (χ2n) is 5.54. The van der Waals surface area contributed by atoms with E-state index in [0.29, 0.717) is 0 Å². The molecule has 1 aliphatic heterocycles. The normalized spacial score (nSPS) is 14.2. The first kappa shape index (κ1) is 13.8. The van der Waals surface area contributed by atoms with Gasteiger partial charge in [0.25, 0.3) is 0 Å². The van der Waals surface area contributed by atoms with Crippen LogP contribution >= 0.6 is 0 Å². The molecular weight excluding hydrogens is 262 g/mol. The number of aryl methyl sites for hydroxylation is 1. The van der Waals surface area contributed by atoms with Crippen molar-refractivity contribution in [2.24, 2.45) is 0 Å². The molecule has 1 heterocycles. The van der Waals surface area contributed by atoms with Crippen LogP contribution in [0.4, 0.5) is 5.69 Å². The van der Waals surface area contributed by atoms with Crippen molar-refractivity contribution in [2.75, 3.05) is 19.0 Å². The molecule has 1 atom stereocenters. The highest BCUT2D eigenvalue weighted by atomic mass is 16.5. The molecular formula is C18H21NO2. The second-order valence-corrected chi connectivity index (χ2v) is 5.54. The van der Waals surface area contributed by atoms with Crippen LogP contribution in [-0.2, 0) is 6.42 Å². The van der Waals surface area contributed by atoms with Crippen LogP contribution < -0.4 is 14.8 Å². The lowest BCUT2D eigenvalue weighted by Crippen LogP contribution is -2.08. The average molecular weight is 283 g/mol. The predicted molar refractivity (Wildman–Crippen MR) is 85.4 cm³/mol. The summed E-state index contributed by atoms with van der Waals surface area (Å²) in [5, 5.41) is 3.53. The van der Waals surface area contributed by atoms with E-state index in [1.54, 1.807) is 7.11 Å². The molecule has 0 amide bonds. The van der Waals surface area contributed by atoms with E-state index in [4.69, 9.17) is 9.47 Å². The van der Waals surface area contributed by atoms with Gasteiger partial charge in [-0.1, -0.05) is 12.1 Å². The van der Waals surface area contributed by atoms with Gasteiger partial charge in [-0.15, -0.1) is 0 Å². The number of hydrogen-bond donors (Lipinski definition) is 1. The Morgan fingerprint density at radius 2 is 2.05 bits per heavy atom. The number of ether oxygens (including phenoxy) is 2. The van der Waals surface area contributed by atoms with Gasteiger partial charge >= 0.3 is 0 Å². The van der Waals surface area contributed by atoms with Crippen molar-refractivity contribution in [1.29, 1.82) is 0 Å². The molecule has 0 bridgehead atoms. The molecule has 0 aliphatic carbocycles. The third-order valence-corrected chi connectivity index (χ3v) is 3.94. The van der Waals surface area contributed by atoms with Crippen LogP contribution in [0.25, 0.3) is 0 Å². The molecule has 0 saturated carbocycles. The number of methoxy groups -OCH3 is 1. The first-order valence-electron chi connectivity index (χ1n) is 7.34. The molecule has 0 fully saturated rings. The summed E-state index contributed by atoms with van der Waals surface area (Å²) >= 11 is 0. The summed E-state index contributed by atoms with van der Waals surface area (Å²) in [7, 11) is 1.71. The van der Waals surface area contributed by atoms with Crippen LogP contribution in [0, 0.1) is 6.92 Å². The van der Waals surface area contributed by atoms with Crippen LogP contribution in [0.2, 0.25) is 0 Å².